The molecule has 0 aromatic carbocycles. The number of aromatic nitrogens is 3. The van der Waals surface area contributed by atoms with Gasteiger partial charge in [-0.05, 0) is 39.5 Å². The number of thiazole rings is 1. The SMILES string of the molecule is Cc1nc(C)c(C(=O)N2CCC(Cn3cncc(C)c3=O)CC2)s1. The zero-order valence-electron chi connectivity index (χ0n) is 14.3. The molecule has 1 saturated heterocycles. The van der Waals surface area contributed by atoms with Crippen molar-refractivity contribution < 1.29 is 4.79 Å². The number of aryl methyl sites for hydroxylation is 3. The van der Waals surface area contributed by atoms with Gasteiger partial charge in [-0.3, -0.25) is 14.2 Å². The van der Waals surface area contributed by atoms with Crippen LogP contribution in [0.1, 0.15) is 38.8 Å². The first-order chi connectivity index (χ1) is 11.5. The normalized spacial score (nSPS) is 15.7. The average Bonchev–Trinajstić information content (AvgIpc) is 2.90. The molecule has 0 N–H and O–H groups in total. The van der Waals surface area contributed by atoms with E-state index >= 15 is 0 Å². The van der Waals surface area contributed by atoms with Crippen molar-refractivity contribution >= 4 is 17.2 Å². The molecule has 6 nitrogen and oxygen atoms in total. The Morgan fingerprint density at radius 1 is 1.29 bits per heavy atom. The maximum atomic E-state index is 12.6. The molecule has 2 aromatic rings. The molecule has 0 atom stereocenters. The third kappa shape index (κ3) is 3.40. The van der Waals surface area contributed by atoms with E-state index in [4.69, 9.17) is 0 Å². The fourth-order valence-electron chi connectivity index (χ4n) is 3.16. The summed E-state index contributed by atoms with van der Waals surface area (Å²) in [4.78, 5) is 35.8. The van der Waals surface area contributed by atoms with Gasteiger partial charge < -0.3 is 4.90 Å². The highest BCUT2D eigenvalue weighted by molar-refractivity contribution is 7.13. The molecule has 3 heterocycles. The Morgan fingerprint density at radius 3 is 2.62 bits per heavy atom. The van der Waals surface area contributed by atoms with Gasteiger partial charge >= 0.3 is 0 Å². The summed E-state index contributed by atoms with van der Waals surface area (Å²) in [7, 11) is 0. The molecule has 0 spiro atoms. The lowest BCUT2D eigenvalue weighted by atomic mass is 9.96. The first kappa shape index (κ1) is 16.8. The fraction of sp³-hybridized carbons (Fsp3) is 0.529. The van der Waals surface area contributed by atoms with Crippen LogP contribution in [0.25, 0.3) is 0 Å². The Balaban J connectivity index is 1.61. The van der Waals surface area contributed by atoms with E-state index in [9.17, 15) is 9.59 Å². The number of piperidine rings is 1. The number of hydrogen-bond donors (Lipinski definition) is 0. The minimum absolute atomic E-state index is 0.0271. The molecule has 0 unspecified atom stereocenters. The summed E-state index contributed by atoms with van der Waals surface area (Å²) in [5, 5.41) is 0.928. The van der Waals surface area contributed by atoms with Crippen molar-refractivity contribution in [2.45, 2.75) is 40.2 Å². The Morgan fingerprint density at radius 2 is 2.00 bits per heavy atom. The molecular formula is C17H22N4O2S. The number of hydrogen-bond acceptors (Lipinski definition) is 5. The van der Waals surface area contributed by atoms with Crippen LogP contribution in [0.5, 0.6) is 0 Å². The largest absolute Gasteiger partial charge is 0.338 e. The van der Waals surface area contributed by atoms with E-state index in [2.05, 4.69) is 9.97 Å². The summed E-state index contributed by atoms with van der Waals surface area (Å²) in [5.74, 6) is 0.491. The Bertz CT molecular complexity index is 803. The second-order valence-corrected chi connectivity index (χ2v) is 7.62. The molecule has 0 saturated carbocycles. The zero-order chi connectivity index (χ0) is 17.3. The van der Waals surface area contributed by atoms with Crippen LogP contribution in [0.2, 0.25) is 0 Å². The highest BCUT2D eigenvalue weighted by atomic mass is 32.1. The van der Waals surface area contributed by atoms with E-state index in [1.54, 1.807) is 24.0 Å². The van der Waals surface area contributed by atoms with E-state index in [1.807, 2.05) is 18.7 Å². The van der Waals surface area contributed by atoms with Gasteiger partial charge in [0.05, 0.1) is 17.0 Å². The van der Waals surface area contributed by atoms with Crippen LogP contribution in [0.3, 0.4) is 0 Å². The molecule has 24 heavy (non-hydrogen) atoms. The number of carbonyl (C=O) groups excluding carboxylic acids is 1. The molecular weight excluding hydrogens is 324 g/mol. The minimum atomic E-state index is 0.0271. The summed E-state index contributed by atoms with van der Waals surface area (Å²) in [6, 6.07) is 0. The lowest BCUT2D eigenvalue weighted by molar-refractivity contribution is 0.0686. The van der Waals surface area contributed by atoms with Crippen LogP contribution in [0.4, 0.5) is 0 Å². The zero-order valence-corrected chi connectivity index (χ0v) is 15.1. The van der Waals surface area contributed by atoms with Crippen molar-refractivity contribution in [2.24, 2.45) is 5.92 Å². The van der Waals surface area contributed by atoms with Gasteiger partial charge in [0.1, 0.15) is 4.88 Å². The monoisotopic (exact) mass is 346 g/mol. The molecule has 1 aliphatic heterocycles. The van der Waals surface area contributed by atoms with Crippen molar-refractivity contribution in [3.8, 4) is 0 Å². The Kier molecular flexibility index (Phi) is 4.80. The standard InChI is InChI=1S/C17H22N4O2S/c1-11-8-18-10-21(16(11)22)9-14-4-6-20(7-5-14)17(23)15-12(2)19-13(3)24-15/h8,10,14H,4-7,9H2,1-3H3. The van der Waals surface area contributed by atoms with Crippen molar-refractivity contribution in [1.82, 2.24) is 19.4 Å². The molecule has 2 aromatic heterocycles. The highest BCUT2D eigenvalue weighted by Crippen LogP contribution is 2.24. The van der Waals surface area contributed by atoms with E-state index < -0.39 is 0 Å². The molecule has 1 aliphatic rings. The molecule has 0 radical (unpaired) electrons. The van der Waals surface area contributed by atoms with Crippen molar-refractivity contribution in [2.75, 3.05) is 13.1 Å². The third-order valence-corrected chi connectivity index (χ3v) is 5.59. The third-order valence-electron chi connectivity index (χ3n) is 4.53. The van der Waals surface area contributed by atoms with Crippen molar-refractivity contribution in [3.63, 3.8) is 0 Å². The second-order valence-electron chi connectivity index (χ2n) is 6.42. The summed E-state index contributed by atoms with van der Waals surface area (Å²) in [6.07, 6.45) is 5.02. The van der Waals surface area contributed by atoms with Gasteiger partial charge in [0.15, 0.2) is 0 Å². The Labute approximate surface area is 145 Å². The predicted molar refractivity (Wildman–Crippen MR) is 93.4 cm³/mol. The van der Waals surface area contributed by atoms with Crippen LogP contribution >= 0.6 is 11.3 Å². The molecule has 3 rings (SSSR count). The molecule has 128 valence electrons. The summed E-state index contributed by atoms with van der Waals surface area (Å²) in [6.45, 7) is 7.73. The Hall–Kier alpha value is -2.02. The summed E-state index contributed by atoms with van der Waals surface area (Å²) >= 11 is 1.47. The van der Waals surface area contributed by atoms with Gasteiger partial charge in [-0.1, -0.05) is 0 Å². The molecule has 0 bridgehead atoms. The van der Waals surface area contributed by atoms with E-state index in [0.29, 0.717) is 18.0 Å². The van der Waals surface area contributed by atoms with Crippen LogP contribution < -0.4 is 5.56 Å². The van der Waals surface area contributed by atoms with E-state index in [0.717, 1.165) is 41.5 Å². The highest BCUT2D eigenvalue weighted by Gasteiger charge is 2.26. The maximum Gasteiger partial charge on any atom is 0.265 e. The van der Waals surface area contributed by atoms with Crippen molar-refractivity contribution in [1.29, 1.82) is 0 Å². The lowest BCUT2D eigenvalue weighted by Crippen LogP contribution is -2.40. The summed E-state index contributed by atoms with van der Waals surface area (Å²) in [5.41, 5.74) is 1.52. The van der Waals surface area contributed by atoms with Gasteiger partial charge in [-0.2, -0.15) is 0 Å². The second kappa shape index (κ2) is 6.84. The number of carbonyl (C=O) groups is 1. The lowest BCUT2D eigenvalue weighted by Gasteiger charge is -2.32. The maximum absolute atomic E-state index is 12.6. The number of rotatable bonds is 3. The van der Waals surface area contributed by atoms with E-state index in [1.165, 1.54) is 11.3 Å². The smallest absolute Gasteiger partial charge is 0.265 e. The molecule has 1 fully saturated rings. The van der Waals surface area contributed by atoms with Gasteiger partial charge in [0.2, 0.25) is 0 Å². The number of nitrogens with zero attached hydrogens (tertiary/aromatic N) is 4. The van der Waals surface area contributed by atoms with Gasteiger partial charge in [-0.15, -0.1) is 11.3 Å². The topological polar surface area (TPSA) is 68.1 Å². The van der Waals surface area contributed by atoms with Crippen molar-refractivity contribution in [3.05, 3.63) is 44.0 Å². The quantitative estimate of drug-likeness (QED) is 0.854. The predicted octanol–water partition coefficient (Wildman–Crippen LogP) is 2.18. The fourth-order valence-corrected chi connectivity index (χ4v) is 4.05. The van der Waals surface area contributed by atoms with Crippen LogP contribution in [0, 0.1) is 26.7 Å². The molecule has 1 amide bonds. The number of likely N-dealkylation sites (tertiary alicyclic amines) is 1. The minimum Gasteiger partial charge on any atom is -0.338 e. The average molecular weight is 346 g/mol. The first-order valence-electron chi connectivity index (χ1n) is 8.20. The van der Waals surface area contributed by atoms with Crippen LogP contribution in [-0.4, -0.2) is 38.4 Å². The molecule has 7 heteroatoms. The van der Waals surface area contributed by atoms with Gasteiger partial charge in [0, 0.05) is 31.4 Å². The molecule has 0 aliphatic carbocycles. The van der Waals surface area contributed by atoms with E-state index in [-0.39, 0.29) is 11.5 Å². The van der Waals surface area contributed by atoms with Crippen LogP contribution in [-0.2, 0) is 6.54 Å². The van der Waals surface area contributed by atoms with Gasteiger partial charge in [-0.25, -0.2) is 9.97 Å². The summed E-state index contributed by atoms with van der Waals surface area (Å²) < 4.78 is 1.69. The first-order valence-corrected chi connectivity index (χ1v) is 9.01. The van der Waals surface area contributed by atoms with Gasteiger partial charge in [0.25, 0.3) is 11.5 Å². The number of amides is 1. The van der Waals surface area contributed by atoms with Crippen LogP contribution in [0.15, 0.2) is 17.3 Å².